The SMILES string of the molecule is CC1(C)c2ccccc2N(c2cccc3sc4cccc(Br)c4c23)c2ccccc21. The Morgan fingerprint density at radius 3 is 1.83 bits per heavy atom. The molecule has 0 saturated heterocycles. The first-order chi connectivity index (χ1) is 14.6. The van der Waals surface area contributed by atoms with Crippen LogP contribution in [0.5, 0.6) is 0 Å². The number of rotatable bonds is 1. The first kappa shape index (κ1) is 18.2. The number of para-hydroxylation sites is 2. The van der Waals surface area contributed by atoms with Crippen molar-refractivity contribution in [3.63, 3.8) is 0 Å². The van der Waals surface area contributed by atoms with Gasteiger partial charge in [0.2, 0.25) is 0 Å². The monoisotopic (exact) mass is 469 g/mol. The van der Waals surface area contributed by atoms with Gasteiger partial charge in [-0.05, 0) is 47.5 Å². The Labute approximate surface area is 188 Å². The minimum atomic E-state index is -0.0467. The van der Waals surface area contributed by atoms with E-state index >= 15 is 0 Å². The molecule has 1 aliphatic heterocycles. The summed E-state index contributed by atoms with van der Waals surface area (Å²) in [5.74, 6) is 0. The van der Waals surface area contributed by atoms with E-state index in [1.54, 1.807) is 0 Å². The fourth-order valence-electron chi connectivity index (χ4n) is 4.92. The lowest BCUT2D eigenvalue weighted by molar-refractivity contribution is 0.632. The molecule has 6 rings (SSSR count). The first-order valence-electron chi connectivity index (χ1n) is 10.2. The maximum Gasteiger partial charge on any atom is 0.0555 e. The molecule has 1 aliphatic rings. The molecule has 4 aromatic carbocycles. The third-order valence-corrected chi connectivity index (χ3v) is 8.11. The first-order valence-corrected chi connectivity index (χ1v) is 11.8. The van der Waals surface area contributed by atoms with Gasteiger partial charge in [-0.15, -0.1) is 11.3 Å². The number of anilines is 3. The maximum absolute atomic E-state index is 3.83. The molecule has 0 radical (unpaired) electrons. The average molecular weight is 470 g/mol. The lowest BCUT2D eigenvalue weighted by Crippen LogP contribution is -2.30. The summed E-state index contributed by atoms with van der Waals surface area (Å²) in [7, 11) is 0. The molecule has 0 aliphatic carbocycles. The zero-order chi connectivity index (χ0) is 20.5. The van der Waals surface area contributed by atoms with Crippen LogP contribution in [0, 0.1) is 0 Å². The highest BCUT2D eigenvalue weighted by atomic mass is 79.9. The quantitative estimate of drug-likeness (QED) is 0.236. The van der Waals surface area contributed by atoms with Crippen molar-refractivity contribution in [2.45, 2.75) is 19.3 Å². The van der Waals surface area contributed by atoms with Gasteiger partial charge in [-0.3, -0.25) is 0 Å². The molecular weight excluding hydrogens is 450 g/mol. The predicted molar refractivity (Wildman–Crippen MR) is 134 cm³/mol. The van der Waals surface area contributed by atoms with E-state index in [2.05, 4.69) is 120 Å². The maximum atomic E-state index is 3.83. The fourth-order valence-corrected chi connectivity index (χ4v) is 6.77. The normalized spacial score (nSPS) is 14.7. The van der Waals surface area contributed by atoms with Gasteiger partial charge in [0.1, 0.15) is 0 Å². The van der Waals surface area contributed by atoms with Crippen molar-refractivity contribution in [1.29, 1.82) is 0 Å². The molecule has 0 spiro atoms. The second-order valence-corrected chi connectivity index (χ2v) is 10.3. The van der Waals surface area contributed by atoms with Crippen molar-refractivity contribution in [3.8, 4) is 0 Å². The van der Waals surface area contributed by atoms with Gasteiger partial charge < -0.3 is 4.90 Å². The van der Waals surface area contributed by atoms with E-state index in [4.69, 9.17) is 0 Å². The van der Waals surface area contributed by atoms with Crippen LogP contribution >= 0.6 is 27.3 Å². The smallest absolute Gasteiger partial charge is 0.0555 e. The number of hydrogen-bond acceptors (Lipinski definition) is 2. The topological polar surface area (TPSA) is 3.24 Å². The molecule has 1 nitrogen and oxygen atoms in total. The molecule has 0 atom stereocenters. The van der Waals surface area contributed by atoms with Crippen LogP contribution in [0.1, 0.15) is 25.0 Å². The van der Waals surface area contributed by atoms with Crippen LogP contribution in [-0.2, 0) is 5.41 Å². The molecule has 0 N–H and O–H groups in total. The second kappa shape index (κ2) is 6.44. The number of benzene rings is 4. The van der Waals surface area contributed by atoms with Crippen LogP contribution in [0.3, 0.4) is 0 Å². The van der Waals surface area contributed by atoms with Gasteiger partial charge in [0.15, 0.2) is 0 Å². The summed E-state index contributed by atoms with van der Waals surface area (Å²) in [5.41, 5.74) is 6.44. The van der Waals surface area contributed by atoms with Crippen molar-refractivity contribution in [2.24, 2.45) is 0 Å². The lowest BCUT2D eigenvalue weighted by atomic mass is 9.73. The van der Waals surface area contributed by atoms with Gasteiger partial charge >= 0.3 is 0 Å². The zero-order valence-corrected chi connectivity index (χ0v) is 19.2. The number of thiophene rings is 1. The van der Waals surface area contributed by atoms with E-state index in [1.807, 2.05) is 11.3 Å². The van der Waals surface area contributed by atoms with Crippen molar-refractivity contribution in [1.82, 2.24) is 0 Å². The zero-order valence-electron chi connectivity index (χ0n) is 16.8. The number of nitrogens with zero attached hydrogens (tertiary/aromatic N) is 1. The van der Waals surface area contributed by atoms with E-state index in [0.29, 0.717) is 0 Å². The Balaban J connectivity index is 1.76. The van der Waals surface area contributed by atoms with E-state index in [1.165, 1.54) is 48.4 Å². The van der Waals surface area contributed by atoms with Crippen molar-refractivity contribution >= 4 is 64.5 Å². The molecule has 0 amide bonds. The molecule has 3 heteroatoms. The molecule has 30 heavy (non-hydrogen) atoms. The van der Waals surface area contributed by atoms with Crippen LogP contribution in [0.2, 0.25) is 0 Å². The summed E-state index contributed by atoms with van der Waals surface area (Å²) in [4.78, 5) is 2.46. The Bertz CT molecular complexity index is 1400. The predicted octanol–water partition coefficient (Wildman–Crippen LogP) is 8.93. The molecule has 146 valence electrons. The standard InChI is InChI=1S/C27H20BrNS/c1-27(2)17-9-3-5-12-20(17)29(21-13-6-4-10-18(21)27)22-14-8-16-24-26(22)25-19(28)11-7-15-23(25)30-24/h3-16H,1-2H3. The summed E-state index contributed by atoms with van der Waals surface area (Å²) in [6.45, 7) is 4.67. The van der Waals surface area contributed by atoms with Crippen LogP contribution in [0.25, 0.3) is 20.2 Å². The number of fused-ring (bicyclic) bond motifs is 5. The molecule has 5 aromatic rings. The molecule has 0 bridgehead atoms. The largest absolute Gasteiger partial charge is 0.309 e. The molecule has 0 fully saturated rings. The average Bonchev–Trinajstić information content (AvgIpc) is 3.15. The van der Waals surface area contributed by atoms with Crippen LogP contribution < -0.4 is 4.90 Å². The third-order valence-electron chi connectivity index (χ3n) is 6.33. The Kier molecular flexibility index (Phi) is 3.90. The number of halogens is 1. The van der Waals surface area contributed by atoms with Gasteiger partial charge in [0, 0.05) is 30.1 Å². The van der Waals surface area contributed by atoms with E-state index < -0.39 is 0 Å². The minimum absolute atomic E-state index is 0.0467. The third kappa shape index (κ3) is 2.39. The van der Waals surface area contributed by atoms with E-state index in [-0.39, 0.29) is 5.41 Å². The van der Waals surface area contributed by atoms with Gasteiger partial charge in [-0.25, -0.2) is 0 Å². The second-order valence-electron chi connectivity index (χ2n) is 8.36. The Morgan fingerprint density at radius 1 is 0.633 bits per heavy atom. The minimum Gasteiger partial charge on any atom is -0.309 e. The van der Waals surface area contributed by atoms with Crippen molar-refractivity contribution < 1.29 is 0 Å². The fraction of sp³-hybridized carbons (Fsp3) is 0.111. The van der Waals surface area contributed by atoms with Gasteiger partial charge in [-0.2, -0.15) is 0 Å². The van der Waals surface area contributed by atoms with Gasteiger partial charge in [0.05, 0.1) is 17.1 Å². The number of hydrogen-bond donors (Lipinski definition) is 0. The van der Waals surface area contributed by atoms with E-state index in [9.17, 15) is 0 Å². The van der Waals surface area contributed by atoms with Crippen LogP contribution in [-0.4, -0.2) is 0 Å². The van der Waals surface area contributed by atoms with Crippen molar-refractivity contribution in [2.75, 3.05) is 4.90 Å². The molecule has 1 aromatic heterocycles. The highest BCUT2D eigenvalue weighted by Crippen LogP contribution is 2.54. The lowest BCUT2D eigenvalue weighted by Gasteiger charge is -2.42. The van der Waals surface area contributed by atoms with Gasteiger partial charge in [-0.1, -0.05) is 78.3 Å². The van der Waals surface area contributed by atoms with E-state index in [0.717, 1.165) is 4.47 Å². The summed E-state index contributed by atoms with van der Waals surface area (Å²) in [6, 6.07) is 30.9. The Morgan fingerprint density at radius 2 is 1.17 bits per heavy atom. The summed E-state index contributed by atoms with van der Waals surface area (Å²) < 4.78 is 3.78. The summed E-state index contributed by atoms with van der Waals surface area (Å²) in [6.07, 6.45) is 0. The van der Waals surface area contributed by atoms with Crippen LogP contribution in [0.4, 0.5) is 17.1 Å². The van der Waals surface area contributed by atoms with Crippen LogP contribution in [0.15, 0.2) is 89.4 Å². The highest BCUT2D eigenvalue weighted by molar-refractivity contribution is 9.10. The Hall–Kier alpha value is -2.62. The van der Waals surface area contributed by atoms with Crippen molar-refractivity contribution in [3.05, 3.63) is 101 Å². The highest BCUT2D eigenvalue weighted by Gasteiger charge is 2.37. The molecule has 0 unspecified atom stereocenters. The summed E-state index contributed by atoms with van der Waals surface area (Å²) >= 11 is 5.68. The van der Waals surface area contributed by atoms with Gasteiger partial charge in [0.25, 0.3) is 0 Å². The molecule has 0 saturated carbocycles. The summed E-state index contributed by atoms with van der Waals surface area (Å²) in [5, 5.41) is 2.61. The molecule has 2 heterocycles. The molecular formula is C27H20BrNS.